The summed E-state index contributed by atoms with van der Waals surface area (Å²) in [5.41, 5.74) is -2.14. The molecule has 10 heteroatoms. The molecule has 0 radical (unpaired) electrons. The number of hydrogen-bond donors (Lipinski definition) is 2. The van der Waals surface area contributed by atoms with E-state index in [1.807, 2.05) is 0 Å². The van der Waals surface area contributed by atoms with Crippen molar-refractivity contribution in [3.8, 4) is 0 Å². The Morgan fingerprint density at radius 3 is 2.58 bits per heavy atom. The second kappa shape index (κ2) is 5.53. The first-order valence-electron chi connectivity index (χ1n) is 5.44. The molecule has 1 fully saturated rings. The van der Waals surface area contributed by atoms with Gasteiger partial charge >= 0.3 is 12.2 Å². The second-order valence-corrected chi connectivity index (χ2v) is 6.06. The van der Waals surface area contributed by atoms with Gasteiger partial charge in [-0.1, -0.05) is 4.49 Å². The normalized spacial score (nSPS) is 18.9. The molecule has 1 aliphatic rings. The van der Waals surface area contributed by atoms with Gasteiger partial charge in [0.05, 0.1) is 6.20 Å². The predicted molar refractivity (Wildman–Crippen MR) is 67.4 cm³/mol. The van der Waals surface area contributed by atoms with Crippen LogP contribution in [0, 0.1) is 0 Å². The number of amides is 2. The molecule has 19 heavy (non-hydrogen) atoms. The molecule has 0 atom stereocenters. The van der Waals surface area contributed by atoms with Gasteiger partial charge in [0.25, 0.3) is 0 Å². The number of urea groups is 1. The molecular formula is C9H11F3N4OS2. The summed E-state index contributed by atoms with van der Waals surface area (Å²) < 4.78 is 43.0. The number of carbonyl (C=O) groups is 1. The fourth-order valence-corrected chi connectivity index (χ4v) is 3.39. The van der Waals surface area contributed by atoms with Crippen LogP contribution in [0.2, 0.25) is 0 Å². The number of anilines is 1. The average Bonchev–Trinajstić information content (AvgIpc) is 2.81. The van der Waals surface area contributed by atoms with Gasteiger partial charge in [0.2, 0.25) is 0 Å². The fourth-order valence-electron chi connectivity index (χ4n) is 1.78. The quantitative estimate of drug-likeness (QED) is 0.880. The summed E-state index contributed by atoms with van der Waals surface area (Å²) in [6.07, 6.45) is -3.41. The van der Waals surface area contributed by atoms with Gasteiger partial charge in [0.15, 0.2) is 0 Å². The van der Waals surface area contributed by atoms with Crippen LogP contribution < -0.4 is 10.6 Å². The lowest BCUT2D eigenvalue weighted by Gasteiger charge is -2.39. The van der Waals surface area contributed by atoms with E-state index in [9.17, 15) is 18.0 Å². The molecule has 0 bridgehead atoms. The highest BCUT2D eigenvalue weighted by molar-refractivity contribution is 7.99. The number of hydrogen-bond acceptors (Lipinski definition) is 5. The molecule has 2 heterocycles. The smallest absolute Gasteiger partial charge is 0.323 e. The van der Waals surface area contributed by atoms with Crippen LogP contribution in [0.5, 0.6) is 0 Å². The average molecular weight is 312 g/mol. The molecule has 0 unspecified atom stereocenters. The van der Waals surface area contributed by atoms with E-state index in [4.69, 9.17) is 0 Å². The number of aromatic nitrogens is 2. The van der Waals surface area contributed by atoms with Gasteiger partial charge < -0.3 is 5.32 Å². The van der Waals surface area contributed by atoms with E-state index in [-0.39, 0.29) is 12.8 Å². The third kappa shape index (κ3) is 3.30. The lowest BCUT2D eigenvalue weighted by Crippen LogP contribution is -2.61. The van der Waals surface area contributed by atoms with Crippen LogP contribution in [-0.4, -0.2) is 38.8 Å². The van der Waals surface area contributed by atoms with Crippen molar-refractivity contribution in [2.24, 2.45) is 0 Å². The van der Waals surface area contributed by atoms with E-state index in [2.05, 4.69) is 20.2 Å². The largest absolute Gasteiger partial charge is 0.411 e. The summed E-state index contributed by atoms with van der Waals surface area (Å²) in [5, 5.41) is 8.17. The summed E-state index contributed by atoms with van der Waals surface area (Å²) in [7, 11) is 0. The van der Waals surface area contributed by atoms with Crippen LogP contribution >= 0.6 is 23.3 Å². The molecule has 1 aromatic heterocycles. The molecular weight excluding hydrogens is 301 g/mol. The lowest BCUT2D eigenvalue weighted by atomic mass is 9.91. The SMILES string of the molecule is O=C(Nc1cnns1)NC1(C(F)(F)F)CCSCC1. The molecule has 5 nitrogen and oxygen atoms in total. The first-order valence-corrected chi connectivity index (χ1v) is 7.37. The Bertz CT molecular complexity index is 431. The van der Waals surface area contributed by atoms with Gasteiger partial charge in [-0.3, -0.25) is 5.32 Å². The molecule has 0 saturated carbocycles. The van der Waals surface area contributed by atoms with Crippen molar-refractivity contribution in [1.82, 2.24) is 14.9 Å². The van der Waals surface area contributed by atoms with Crippen LogP contribution in [-0.2, 0) is 0 Å². The zero-order chi connectivity index (χ0) is 13.9. The van der Waals surface area contributed by atoms with Crippen LogP contribution in [0.4, 0.5) is 23.0 Å². The summed E-state index contributed by atoms with van der Waals surface area (Å²) in [6, 6.07) is -0.879. The number of rotatable bonds is 2. The molecule has 2 N–H and O–H groups in total. The molecule has 1 aromatic rings. The first kappa shape index (κ1) is 14.4. The zero-order valence-electron chi connectivity index (χ0n) is 9.66. The van der Waals surface area contributed by atoms with Crippen molar-refractivity contribution >= 4 is 34.3 Å². The number of carbonyl (C=O) groups excluding carboxylic acids is 1. The molecule has 0 aromatic carbocycles. The number of nitrogens with zero attached hydrogens (tertiary/aromatic N) is 2. The number of thioether (sulfide) groups is 1. The van der Waals surface area contributed by atoms with Gasteiger partial charge in [-0.2, -0.15) is 24.9 Å². The zero-order valence-corrected chi connectivity index (χ0v) is 11.3. The standard InChI is InChI=1S/C9H11F3N4OS2/c10-9(11,12)8(1-3-18-4-2-8)15-7(17)14-6-5-13-16-19-6/h5H,1-4H2,(H2,14,15,17). The highest BCUT2D eigenvalue weighted by Crippen LogP contribution is 2.40. The highest BCUT2D eigenvalue weighted by atomic mass is 32.2. The summed E-state index contributed by atoms with van der Waals surface area (Å²) in [5.74, 6) is 0.754. The Kier molecular flexibility index (Phi) is 4.19. The number of halogens is 3. The number of alkyl halides is 3. The Hall–Kier alpha value is -1.03. The van der Waals surface area contributed by atoms with Crippen molar-refractivity contribution in [1.29, 1.82) is 0 Å². The maximum absolute atomic E-state index is 13.2. The molecule has 0 aliphatic carbocycles. The van der Waals surface area contributed by atoms with Gasteiger partial charge in [-0.25, -0.2) is 4.79 Å². The van der Waals surface area contributed by atoms with Crippen LogP contribution in [0.25, 0.3) is 0 Å². The van der Waals surface area contributed by atoms with Crippen molar-refractivity contribution in [2.45, 2.75) is 24.6 Å². The summed E-state index contributed by atoms with van der Waals surface area (Å²) in [4.78, 5) is 11.7. The van der Waals surface area contributed by atoms with Crippen molar-refractivity contribution < 1.29 is 18.0 Å². The molecule has 106 valence electrons. The Balaban J connectivity index is 2.06. The fraction of sp³-hybridized carbons (Fsp3) is 0.667. The third-order valence-electron chi connectivity index (χ3n) is 2.84. The minimum atomic E-state index is -4.46. The highest BCUT2D eigenvalue weighted by Gasteiger charge is 2.55. The van der Waals surface area contributed by atoms with Gasteiger partial charge in [-0.05, 0) is 24.3 Å². The first-order chi connectivity index (χ1) is 8.93. The maximum Gasteiger partial charge on any atom is 0.411 e. The molecule has 1 aliphatic heterocycles. The van der Waals surface area contributed by atoms with Crippen molar-refractivity contribution in [3.05, 3.63) is 6.20 Å². The van der Waals surface area contributed by atoms with E-state index in [0.717, 1.165) is 11.5 Å². The number of nitrogens with one attached hydrogen (secondary N) is 2. The topological polar surface area (TPSA) is 66.9 Å². The van der Waals surface area contributed by atoms with Gasteiger partial charge in [0.1, 0.15) is 10.5 Å². The van der Waals surface area contributed by atoms with E-state index in [0.29, 0.717) is 16.5 Å². The van der Waals surface area contributed by atoms with E-state index in [1.54, 1.807) is 0 Å². The summed E-state index contributed by atoms with van der Waals surface area (Å²) >= 11 is 2.36. The Labute approximate surface area is 115 Å². The molecule has 1 saturated heterocycles. The molecule has 2 amide bonds. The Morgan fingerprint density at radius 2 is 2.05 bits per heavy atom. The second-order valence-electron chi connectivity index (χ2n) is 4.05. The minimum Gasteiger partial charge on any atom is -0.323 e. The minimum absolute atomic E-state index is 0.116. The van der Waals surface area contributed by atoms with Gasteiger partial charge in [0, 0.05) is 11.5 Å². The molecule has 0 spiro atoms. The summed E-state index contributed by atoms with van der Waals surface area (Å²) in [6.45, 7) is 0. The Morgan fingerprint density at radius 1 is 1.37 bits per heavy atom. The van der Waals surface area contributed by atoms with Crippen molar-refractivity contribution in [2.75, 3.05) is 16.8 Å². The van der Waals surface area contributed by atoms with E-state index < -0.39 is 17.7 Å². The third-order valence-corrected chi connectivity index (χ3v) is 4.41. The van der Waals surface area contributed by atoms with Crippen LogP contribution in [0.15, 0.2) is 6.20 Å². The van der Waals surface area contributed by atoms with E-state index in [1.165, 1.54) is 18.0 Å². The molecule has 2 rings (SSSR count). The van der Waals surface area contributed by atoms with Crippen LogP contribution in [0.1, 0.15) is 12.8 Å². The maximum atomic E-state index is 13.2. The lowest BCUT2D eigenvalue weighted by molar-refractivity contribution is -0.195. The monoisotopic (exact) mass is 312 g/mol. The van der Waals surface area contributed by atoms with Crippen LogP contribution in [0.3, 0.4) is 0 Å². The van der Waals surface area contributed by atoms with Crippen molar-refractivity contribution in [3.63, 3.8) is 0 Å². The van der Waals surface area contributed by atoms with E-state index >= 15 is 0 Å². The van der Waals surface area contributed by atoms with Gasteiger partial charge in [-0.15, -0.1) is 5.10 Å². The predicted octanol–water partition coefficient (Wildman–Crippen LogP) is 2.49.